The molecule has 7 nitrogen and oxygen atoms in total. The van der Waals surface area contributed by atoms with Crippen LogP contribution in [0, 0.1) is 0 Å². The third-order valence-corrected chi connectivity index (χ3v) is 8.10. The topological polar surface area (TPSA) is 75.4 Å². The van der Waals surface area contributed by atoms with Gasteiger partial charge in [0.15, 0.2) is 0 Å². The first kappa shape index (κ1) is 27.3. The number of rotatable bonds is 8. The van der Waals surface area contributed by atoms with Crippen LogP contribution < -0.4 is 10.9 Å². The number of hydrogen-bond acceptors (Lipinski definition) is 6. The van der Waals surface area contributed by atoms with E-state index in [1.807, 2.05) is 25.1 Å². The minimum atomic E-state index is -0.492. The van der Waals surface area contributed by atoms with Crippen LogP contribution in [0.25, 0.3) is 27.7 Å². The van der Waals surface area contributed by atoms with Gasteiger partial charge in [-0.05, 0) is 81.1 Å². The number of allylic oxidation sites excluding steroid dienone is 1. The molecule has 210 valence electrons. The van der Waals surface area contributed by atoms with Gasteiger partial charge in [0.25, 0.3) is 5.56 Å². The average Bonchev–Trinajstić information content (AvgIpc) is 3.51. The fourth-order valence-electron chi connectivity index (χ4n) is 5.56. The van der Waals surface area contributed by atoms with E-state index in [2.05, 4.69) is 32.3 Å². The average molecular weight is 571 g/mol. The molecule has 2 aromatic heterocycles. The molecule has 9 heteroatoms. The molecular weight excluding hydrogens is 539 g/mol. The number of aliphatic imine (C=N–C) groups is 1. The van der Waals surface area contributed by atoms with Gasteiger partial charge in [-0.2, -0.15) is 9.37 Å². The van der Waals surface area contributed by atoms with Gasteiger partial charge in [-0.15, -0.1) is 0 Å². The highest BCUT2D eigenvalue weighted by Crippen LogP contribution is 2.32. The van der Waals surface area contributed by atoms with Gasteiger partial charge in [0.1, 0.15) is 5.65 Å². The largest absolute Gasteiger partial charge is 0.324 e. The second kappa shape index (κ2) is 11.9. The molecule has 41 heavy (non-hydrogen) atoms. The van der Waals surface area contributed by atoms with Crippen molar-refractivity contribution in [1.29, 1.82) is 0 Å². The van der Waals surface area contributed by atoms with Crippen LogP contribution >= 0.6 is 11.6 Å². The first-order chi connectivity index (χ1) is 20.0. The molecule has 1 saturated heterocycles. The Bertz CT molecular complexity index is 1710. The summed E-state index contributed by atoms with van der Waals surface area (Å²) in [6, 6.07) is 15.3. The highest BCUT2D eigenvalue weighted by molar-refractivity contribution is 6.34. The number of hydrogen-bond donors (Lipinski definition) is 1. The Hall–Kier alpha value is -3.88. The molecule has 4 heterocycles. The van der Waals surface area contributed by atoms with E-state index in [4.69, 9.17) is 16.6 Å². The first-order valence-corrected chi connectivity index (χ1v) is 14.6. The Morgan fingerprint density at radius 2 is 1.85 bits per heavy atom. The van der Waals surface area contributed by atoms with Gasteiger partial charge < -0.3 is 10.2 Å². The molecule has 2 aliphatic heterocycles. The van der Waals surface area contributed by atoms with Crippen LogP contribution in [0.4, 0.5) is 16.0 Å². The molecule has 0 amide bonds. The molecule has 2 aromatic carbocycles. The van der Waals surface area contributed by atoms with E-state index in [9.17, 15) is 9.18 Å². The SMILES string of the molecule is CCn1c(=O)c(-c2ccc(C3=CCCN=C3F)cc2Cl)cc2cnc(Nc3ccc(CCN4CCCC4)cc3)nc21. The van der Waals surface area contributed by atoms with Gasteiger partial charge in [-0.3, -0.25) is 14.4 Å². The Morgan fingerprint density at radius 3 is 2.59 bits per heavy atom. The number of halogens is 2. The lowest BCUT2D eigenvalue weighted by Gasteiger charge is -2.15. The molecule has 0 spiro atoms. The number of nitrogens with one attached hydrogen (secondary N) is 1. The lowest BCUT2D eigenvalue weighted by Crippen LogP contribution is -2.22. The standard InChI is InChI=1S/C32H32ClFN6O/c1-2-40-30-23(18-27(31(40)41)26-12-9-22(19-28(26)33)25-6-5-14-35-29(25)34)20-36-32(38-30)37-24-10-7-21(8-11-24)13-17-39-15-3-4-16-39/h6-12,18-20H,2-5,13-17H2,1H3,(H,36,37,38). The second-order valence-corrected chi connectivity index (χ2v) is 10.9. The van der Waals surface area contributed by atoms with Crippen molar-refractivity contribution in [2.75, 3.05) is 31.5 Å². The number of anilines is 2. The molecule has 4 aromatic rings. The van der Waals surface area contributed by atoms with Crippen molar-refractivity contribution >= 4 is 45.8 Å². The summed E-state index contributed by atoms with van der Waals surface area (Å²) >= 11 is 6.65. The highest BCUT2D eigenvalue weighted by atomic mass is 35.5. The lowest BCUT2D eigenvalue weighted by atomic mass is 9.99. The van der Waals surface area contributed by atoms with Gasteiger partial charge in [-0.25, -0.2) is 4.98 Å². The van der Waals surface area contributed by atoms with Crippen molar-refractivity contribution in [2.45, 2.75) is 39.2 Å². The van der Waals surface area contributed by atoms with E-state index in [-0.39, 0.29) is 5.56 Å². The van der Waals surface area contributed by atoms with Crippen molar-refractivity contribution in [1.82, 2.24) is 19.4 Å². The van der Waals surface area contributed by atoms with Gasteiger partial charge in [0, 0.05) is 58.6 Å². The van der Waals surface area contributed by atoms with Crippen LogP contribution in [0.2, 0.25) is 5.02 Å². The van der Waals surface area contributed by atoms with E-state index in [0.29, 0.717) is 58.4 Å². The quantitative estimate of drug-likeness (QED) is 0.256. The third kappa shape index (κ3) is 5.80. The summed E-state index contributed by atoms with van der Waals surface area (Å²) in [7, 11) is 0. The smallest absolute Gasteiger partial charge is 0.260 e. The van der Waals surface area contributed by atoms with Gasteiger partial charge in [-0.1, -0.05) is 41.9 Å². The van der Waals surface area contributed by atoms with Crippen molar-refractivity contribution in [3.8, 4) is 11.1 Å². The second-order valence-electron chi connectivity index (χ2n) is 10.5. The maximum Gasteiger partial charge on any atom is 0.260 e. The van der Waals surface area contributed by atoms with Gasteiger partial charge >= 0.3 is 0 Å². The van der Waals surface area contributed by atoms with Crippen LogP contribution in [0.3, 0.4) is 0 Å². The zero-order valence-corrected chi connectivity index (χ0v) is 23.8. The summed E-state index contributed by atoms with van der Waals surface area (Å²) in [6.07, 6.45) is 7.85. The molecular formula is C32H32ClFN6O. The van der Waals surface area contributed by atoms with E-state index in [1.165, 1.54) is 31.5 Å². The Labute approximate surface area is 243 Å². The highest BCUT2D eigenvalue weighted by Gasteiger charge is 2.18. The summed E-state index contributed by atoms with van der Waals surface area (Å²) in [5, 5.41) is 4.36. The molecule has 0 radical (unpaired) electrons. The Kier molecular flexibility index (Phi) is 7.94. The van der Waals surface area contributed by atoms with E-state index in [0.717, 1.165) is 24.0 Å². The molecule has 0 unspecified atom stereocenters. The predicted molar refractivity (Wildman–Crippen MR) is 165 cm³/mol. The fraction of sp³-hybridized carbons (Fsp3) is 0.312. The number of likely N-dealkylation sites (tertiary alicyclic amines) is 1. The number of dihydropyridines is 1. The molecule has 1 fully saturated rings. The molecule has 0 atom stereocenters. The molecule has 0 aliphatic carbocycles. The third-order valence-electron chi connectivity index (χ3n) is 7.79. The molecule has 0 saturated carbocycles. The van der Waals surface area contributed by atoms with Crippen molar-refractivity contribution < 1.29 is 4.39 Å². The van der Waals surface area contributed by atoms with Crippen LogP contribution in [0.15, 0.2) is 70.6 Å². The van der Waals surface area contributed by atoms with Gasteiger partial charge in [0.2, 0.25) is 11.9 Å². The lowest BCUT2D eigenvalue weighted by molar-refractivity contribution is 0.343. The number of nitrogens with zero attached hydrogens (tertiary/aromatic N) is 5. The van der Waals surface area contributed by atoms with Crippen LogP contribution in [0.1, 0.15) is 37.3 Å². The van der Waals surface area contributed by atoms with E-state index < -0.39 is 5.97 Å². The summed E-state index contributed by atoms with van der Waals surface area (Å²) in [6.45, 7) is 6.28. The molecule has 6 rings (SSSR count). The number of benzene rings is 2. The zero-order valence-electron chi connectivity index (χ0n) is 23.0. The monoisotopic (exact) mass is 570 g/mol. The fourth-order valence-corrected chi connectivity index (χ4v) is 5.84. The van der Waals surface area contributed by atoms with Crippen LogP contribution in [0.5, 0.6) is 0 Å². The molecule has 1 N–H and O–H groups in total. The number of aromatic nitrogens is 3. The zero-order chi connectivity index (χ0) is 28.3. The maximum atomic E-state index is 14.3. The normalized spacial score (nSPS) is 15.7. The summed E-state index contributed by atoms with van der Waals surface area (Å²) in [4.78, 5) is 29.2. The summed E-state index contributed by atoms with van der Waals surface area (Å²) in [5.74, 6) is -0.0716. The number of aryl methyl sites for hydroxylation is 1. The molecule has 0 bridgehead atoms. The number of pyridine rings is 1. The minimum absolute atomic E-state index is 0.203. The number of fused-ring (bicyclic) bond motifs is 1. The maximum absolute atomic E-state index is 14.3. The summed E-state index contributed by atoms with van der Waals surface area (Å²) in [5.41, 5.74) is 4.61. The van der Waals surface area contributed by atoms with Crippen molar-refractivity contribution in [3.63, 3.8) is 0 Å². The van der Waals surface area contributed by atoms with Crippen LogP contribution in [-0.4, -0.2) is 51.6 Å². The van der Waals surface area contributed by atoms with Crippen molar-refractivity contribution in [2.24, 2.45) is 4.99 Å². The minimum Gasteiger partial charge on any atom is -0.324 e. The summed E-state index contributed by atoms with van der Waals surface area (Å²) < 4.78 is 15.9. The predicted octanol–water partition coefficient (Wildman–Crippen LogP) is 6.67. The Balaban J connectivity index is 1.25. The van der Waals surface area contributed by atoms with E-state index in [1.54, 1.807) is 35.0 Å². The van der Waals surface area contributed by atoms with Crippen molar-refractivity contribution in [3.05, 3.63) is 87.3 Å². The van der Waals surface area contributed by atoms with Crippen LogP contribution in [-0.2, 0) is 13.0 Å². The molecule has 2 aliphatic rings. The van der Waals surface area contributed by atoms with Gasteiger partial charge in [0.05, 0.1) is 0 Å². The first-order valence-electron chi connectivity index (χ1n) is 14.2. The van der Waals surface area contributed by atoms with E-state index >= 15 is 0 Å². The Morgan fingerprint density at radius 1 is 1.05 bits per heavy atom.